The topological polar surface area (TPSA) is 50.7 Å². The Bertz CT molecular complexity index is 843. The van der Waals surface area contributed by atoms with Crippen molar-refractivity contribution in [1.29, 1.82) is 0 Å². The summed E-state index contributed by atoms with van der Waals surface area (Å²) in [5.74, 6) is 0. The summed E-state index contributed by atoms with van der Waals surface area (Å²) in [7, 11) is 1.97. The van der Waals surface area contributed by atoms with Gasteiger partial charge in [-0.3, -0.25) is 4.79 Å². The second-order valence-electron chi connectivity index (χ2n) is 5.10. The molecule has 0 aliphatic heterocycles. The first kappa shape index (κ1) is 12.7. The fourth-order valence-corrected chi connectivity index (χ4v) is 2.52. The second kappa shape index (κ2) is 4.63. The summed E-state index contributed by atoms with van der Waals surface area (Å²) < 4.78 is 1.98. The fraction of sp³-hybridized carbons (Fsp3) is 0.250. The highest BCUT2D eigenvalue weighted by molar-refractivity contribution is 5.81. The van der Waals surface area contributed by atoms with Gasteiger partial charge in [0.1, 0.15) is 5.65 Å². The Morgan fingerprint density at radius 3 is 2.90 bits per heavy atom. The molecule has 0 radical (unpaired) electrons. The molecule has 0 unspecified atom stereocenters. The van der Waals surface area contributed by atoms with E-state index in [4.69, 9.17) is 0 Å². The Balaban J connectivity index is 2.24. The minimum atomic E-state index is -0.0367. The van der Waals surface area contributed by atoms with Crippen LogP contribution in [-0.4, -0.2) is 14.5 Å². The molecular weight excluding hydrogens is 250 g/mol. The van der Waals surface area contributed by atoms with E-state index in [0.717, 1.165) is 39.8 Å². The summed E-state index contributed by atoms with van der Waals surface area (Å²) >= 11 is 0. The molecule has 0 saturated carbocycles. The van der Waals surface area contributed by atoms with E-state index >= 15 is 0 Å². The summed E-state index contributed by atoms with van der Waals surface area (Å²) in [6, 6.07) is 6.06. The van der Waals surface area contributed by atoms with Gasteiger partial charge < -0.3 is 9.55 Å². The number of nitrogens with zero attached hydrogens (tertiary/aromatic N) is 2. The van der Waals surface area contributed by atoms with Gasteiger partial charge in [-0.05, 0) is 37.1 Å². The second-order valence-corrected chi connectivity index (χ2v) is 5.10. The third-order valence-corrected chi connectivity index (χ3v) is 3.69. The lowest BCUT2D eigenvalue weighted by Gasteiger charge is -2.09. The quantitative estimate of drug-likeness (QED) is 0.776. The van der Waals surface area contributed by atoms with Crippen molar-refractivity contribution in [1.82, 2.24) is 14.5 Å². The molecule has 3 aromatic rings. The lowest BCUT2D eigenvalue weighted by atomic mass is 10.0. The van der Waals surface area contributed by atoms with E-state index in [0.29, 0.717) is 0 Å². The lowest BCUT2D eigenvalue weighted by Crippen LogP contribution is -2.12. The van der Waals surface area contributed by atoms with Gasteiger partial charge in [-0.2, -0.15) is 0 Å². The highest BCUT2D eigenvalue weighted by Crippen LogP contribution is 2.24. The number of aromatic amines is 1. The highest BCUT2D eigenvalue weighted by atomic mass is 16.1. The van der Waals surface area contributed by atoms with Gasteiger partial charge in [0.25, 0.3) is 5.56 Å². The zero-order valence-corrected chi connectivity index (χ0v) is 11.9. The summed E-state index contributed by atoms with van der Waals surface area (Å²) in [6.45, 7) is 3.92. The van der Waals surface area contributed by atoms with Crippen molar-refractivity contribution in [2.45, 2.75) is 20.3 Å². The molecule has 0 aliphatic carbocycles. The fourth-order valence-electron chi connectivity index (χ4n) is 2.52. The van der Waals surface area contributed by atoms with E-state index in [2.05, 4.69) is 23.0 Å². The molecule has 0 atom stereocenters. The average molecular weight is 267 g/mol. The van der Waals surface area contributed by atoms with Gasteiger partial charge in [0.2, 0.25) is 0 Å². The number of fused-ring (bicyclic) bond motifs is 1. The molecule has 102 valence electrons. The van der Waals surface area contributed by atoms with Crippen LogP contribution >= 0.6 is 0 Å². The summed E-state index contributed by atoms with van der Waals surface area (Å²) in [6.07, 6.45) is 4.68. The van der Waals surface area contributed by atoms with Crippen LogP contribution in [0.25, 0.3) is 22.3 Å². The largest absolute Gasteiger partial charge is 0.336 e. The van der Waals surface area contributed by atoms with Crippen molar-refractivity contribution >= 4 is 11.0 Å². The molecule has 0 aromatic carbocycles. The monoisotopic (exact) mass is 267 g/mol. The van der Waals surface area contributed by atoms with Gasteiger partial charge in [-0.25, -0.2) is 4.98 Å². The number of nitrogens with one attached hydrogen (secondary N) is 1. The number of hydrogen-bond donors (Lipinski definition) is 1. The predicted octanol–water partition coefficient (Wildman–Crippen LogP) is 2.80. The summed E-state index contributed by atoms with van der Waals surface area (Å²) in [5, 5.41) is 1.08. The molecule has 3 aromatic heterocycles. The maximum Gasteiger partial charge on any atom is 0.251 e. The third-order valence-electron chi connectivity index (χ3n) is 3.69. The van der Waals surface area contributed by atoms with Gasteiger partial charge >= 0.3 is 0 Å². The van der Waals surface area contributed by atoms with Crippen LogP contribution in [0.4, 0.5) is 0 Å². The van der Waals surface area contributed by atoms with Crippen molar-refractivity contribution in [3.63, 3.8) is 0 Å². The van der Waals surface area contributed by atoms with Crippen molar-refractivity contribution in [2.75, 3.05) is 0 Å². The number of H-pyrrole nitrogens is 1. The van der Waals surface area contributed by atoms with Crippen LogP contribution in [0, 0.1) is 6.92 Å². The first-order chi connectivity index (χ1) is 9.60. The van der Waals surface area contributed by atoms with Crippen molar-refractivity contribution < 1.29 is 0 Å². The lowest BCUT2D eigenvalue weighted by molar-refractivity contribution is 0.948. The number of aromatic nitrogens is 3. The van der Waals surface area contributed by atoms with E-state index in [1.165, 1.54) is 0 Å². The van der Waals surface area contributed by atoms with Crippen LogP contribution in [-0.2, 0) is 13.5 Å². The Labute approximate surface area is 117 Å². The van der Waals surface area contributed by atoms with Crippen LogP contribution in [0.3, 0.4) is 0 Å². The maximum absolute atomic E-state index is 11.9. The van der Waals surface area contributed by atoms with Gasteiger partial charge in [0.15, 0.2) is 0 Å². The first-order valence-corrected chi connectivity index (χ1v) is 6.74. The van der Waals surface area contributed by atoms with Crippen molar-refractivity contribution in [3.8, 4) is 11.3 Å². The molecule has 20 heavy (non-hydrogen) atoms. The zero-order chi connectivity index (χ0) is 14.3. The van der Waals surface area contributed by atoms with E-state index in [1.54, 1.807) is 0 Å². The highest BCUT2D eigenvalue weighted by Gasteiger charge is 2.09. The molecule has 0 spiro atoms. The SMILES string of the molecule is CCc1cc(C)c(=O)[nH]c1-c1cnc2c(ccn2C)c1. The number of hydrogen-bond acceptors (Lipinski definition) is 2. The first-order valence-electron chi connectivity index (χ1n) is 6.74. The average Bonchev–Trinajstić information content (AvgIpc) is 2.82. The molecule has 4 nitrogen and oxygen atoms in total. The van der Waals surface area contributed by atoms with Crippen molar-refractivity contribution in [3.05, 3.63) is 52.1 Å². The Hall–Kier alpha value is -2.36. The van der Waals surface area contributed by atoms with E-state index in [1.807, 2.05) is 43.1 Å². The van der Waals surface area contributed by atoms with E-state index < -0.39 is 0 Å². The molecule has 1 N–H and O–H groups in total. The molecule has 0 bridgehead atoms. The normalized spacial score (nSPS) is 11.2. The van der Waals surface area contributed by atoms with Crippen LogP contribution in [0.5, 0.6) is 0 Å². The molecule has 3 heterocycles. The number of pyridine rings is 2. The van der Waals surface area contributed by atoms with Gasteiger partial charge in [-0.1, -0.05) is 6.92 Å². The smallest absolute Gasteiger partial charge is 0.251 e. The van der Waals surface area contributed by atoms with Crippen LogP contribution in [0.1, 0.15) is 18.1 Å². The minimum Gasteiger partial charge on any atom is -0.336 e. The molecule has 0 aliphatic rings. The van der Waals surface area contributed by atoms with E-state index in [9.17, 15) is 4.79 Å². The van der Waals surface area contributed by atoms with E-state index in [-0.39, 0.29) is 5.56 Å². The zero-order valence-electron chi connectivity index (χ0n) is 11.9. The molecule has 0 saturated heterocycles. The Kier molecular flexibility index (Phi) is 2.93. The van der Waals surface area contributed by atoms with Gasteiger partial charge in [-0.15, -0.1) is 0 Å². The van der Waals surface area contributed by atoms with Crippen LogP contribution in [0.15, 0.2) is 35.4 Å². The summed E-state index contributed by atoms with van der Waals surface area (Å²) in [4.78, 5) is 19.3. The molecular formula is C16H17N3O. The standard InChI is InChI=1S/C16H17N3O/c1-4-11-7-10(2)16(20)18-14(11)13-8-12-5-6-19(3)15(12)17-9-13/h5-9H,4H2,1-3H3,(H,18,20). The Morgan fingerprint density at radius 2 is 2.15 bits per heavy atom. The molecule has 3 rings (SSSR count). The molecule has 0 fully saturated rings. The van der Waals surface area contributed by atoms with Crippen molar-refractivity contribution in [2.24, 2.45) is 7.05 Å². The van der Waals surface area contributed by atoms with Gasteiger partial charge in [0, 0.05) is 36.0 Å². The van der Waals surface area contributed by atoms with Crippen LogP contribution in [0.2, 0.25) is 0 Å². The third kappa shape index (κ3) is 1.93. The predicted molar refractivity (Wildman–Crippen MR) is 80.9 cm³/mol. The summed E-state index contributed by atoms with van der Waals surface area (Å²) in [5.41, 5.74) is 4.63. The van der Waals surface area contributed by atoms with Gasteiger partial charge in [0.05, 0.1) is 5.69 Å². The molecule has 4 heteroatoms. The Morgan fingerprint density at radius 1 is 1.35 bits per heavy atom. The number of rotatable bonds is 2. The number of aryl methyl sites for hydroxylation is 3. The minimum absolute atomic E-state index is 0.0367. The maximum atomic E-state index is 11.9. The van der Waals surface area contributed by atoms with Crippen LogP contribution < -0.4 is 5.56 Å². The molecule has 0 amide bonds.